The van der Waals surface area contributed by atoms with E-state index in [0.29, 0.717) is 5.11 Å². The van der Waals surface area contributed by atoms with Crippen LogP contribution in [0.1, 0.15) is 13.8 Å². The first kappa shape index (κ1) is 10.0. The fourth-order valence-corrected chi connectivity index (χ4v) is 2.38. The Balaban J connectivity index is 3.92. The summed E-state index contributed by atoms with van der Waals surface area (Å²) in [7, 11) is -0.730. The van der Waals surface area contributed by atoms with E-state index in [4.69, 9.17) is 18.0 Å². The van der Waals surface area contributed by atoms with Crippen molar-refractivity contribution in [2.24, 2.45) is 5.73 Å². The molecule has 0 unspecified atom stereocenters. The third kappa shape index (κ3) is 3.27. The lowest BCUT2D eigenvalue weighted by atomic mass is 11.0. The van der Waals surface area contributed by atoms with Gasteiger partial charge in [-0.15, -0.1) is 0 Å². The second-order valence-electron chi connectivity index (χ2n) is 2.32. The highest BCUT2D eigenvalue weighted by molar-refractivity contribution is 8.32. The summed E-state index contributed by atoms with van der Waals surface area (Å²) >= 11 is 4.76. The first-order chi connectivity index (χ1) is 4.54. The summed E-state index contributed by atoms with van der Waals surface area (Å²) < 4.78 is 3.15. The van der Waals surface area contributed by atoms with Gasteiger partial charge >= 0.3 is 0 Å². The number of thiocarbonyl (C=S) groups is 1. The van der Waals surface area contributed by atoms with Crippen LogP contribution in [0.4, 0.5) is 0 Å². The summed E-state index contributed by atoms with van der Waals surface area (Å²) in [6.07, 6.45) is 2.20. The molecule has 4 heteroatoms. The normalized spacial score (nSPS) is 12.7. The van der Waals surface area contributed by atoms with Gasteiger partial charge in [0.1, 0.15) is 0 Å². The van der Waals surface area contributed by atoms with E-state index in [2.05, 4.69) is 24.8 Å². The van der Waals surface area contributed by atoms with Crippen LogP contribution in [0.15, 0.2) is 0 Å². The van der Waals surface area contributed by atoms with Crippen molar-refractivity contribution >= 4 is 27.5 Å². The largest absolute Gasteiger partial charge is 0.376 e. The quantitative estimate of drug-likeness (QED) is 0.641. The van der Waals surface area contributed by atoms with Crippen molar-refractivity contribution in [3.8, 4) is 0 Å². The molecule has 0 saturated carbocycles. The molecule has 0 atom stereocenters. The Morgan fingerprint density at radius 3 is 2.00 bits per heavy atom. The SMILES string of the molecule is CCS(C)(CC)NC(N)=S. The smallest absolute Gasteiger partial charge is 0.172 e. The van der Waals surface area contributed by atoms with E-state index in [0.717, 1.165) is 11.5 Å². The Morgan fingerprint density at radius 1 is 1.50 bits per heavy atom. The molecule has 0 amide bonds. The molecule has 0 aromatic carbocycles. The molecule has 0 rings (SSSR count). The molecule has 0 spiro atoms. The maximum atomic E-state index is 5.37. The molecule has 0 aliphatic rings. The van der Waals surface area contributed by atoms with Crippen molar-refractivity contribution in [3.05, 3.63) is 0 Å². The zero-order chi connectivity index (χ0) is 8.20. The molecular formula is C6H16N2S2. The van der Waals surface area contributed by atoms with E-state index in [-0.39, 0.29) is 0 Å². The number of hydrogen-bond donors (Lipinski definition) is 2. The van der Waals surface area contributed by atoms with E-state index in [9.17, 15) is 0 Å². The van der Waals surface area contributed by atoms with Gasteiger partial charge in [0.05, 0.1) is 0 Å². The van der Waals surface area contributed by atoms with Crippen molar-refractivity contribution in [1.29, 1.82) is 0 Å². The Bertz CT molecular complexity index is 121. The molecule has 0 aliphatic carbocycles. The first-order valence-electron chi connectivity index (χ1n) is 3.35. The minimum absolute atomic E-state index is 0.432. The highest BCUT2D eigenvalue weighted by Gasteiger charge is 2.11. The predicted octanol–water partition coefficient (Wildman–Crippen LogP) is 1.21. The summed E-state index contributed by atoms with van der Waals surface area (Å²) in [5.41, 5.74) is 5.37. The van der Waals surface area contributed by atoms with Gasteiger partial charge in [0.15, 0.2) is 5.11 Å². The lowest BCUT2D eigenvalue weighted by molar-refractivity contribution is 1.32. The zero-order valence-electron chi connectivity index (χ0n) is 6.81. The molecule has 0 aromatic rings. The van der Waals surface area contributed by atoms with Gasteiger partial charge < -0.3 is 10.5 Å². The molecule has 0 aliphatic heterocycles. The Hall–Kier alpha value is 0.0400. The van der Waals surface area contributed by atoms with Gasteiger partial charge in [-0.05, 0) is 30.0 Å². The van der Waals surface area contributed by atoms with Gasteiger partial charge in [-0.2, -0.15) is 10.2 Å². The maximum absolute atomic E-state index is 5.37. The molecule has 10 heavy (non-hydrogen) atoms. The molecule has 0 radical (unpaired) electrons. The lowest BCUT2D eigenvalue weighted by Crippen LogP contribution is -2.33. The van der Waals surface area contributed by atoms with E-state index in [1.54, 1.807) is 0 Å². The molecule has 62 valence electrons. The average molecular weight is 180 g/mol. The number of nitrogens with one attached hydrogen (secondary N) is 1. The monoisotopic (exact) mass is 180 g/mol. The molecule has 0 saturated heterocycles. The van der Waals surface area contributed by atoms with Crippen LogP contribution in [0.25, 0.3) is 0 Å². The van der Waals surface area contributed by atoms with Gasteiger partial charge in [0.25, 0.3) is 0 Å². The second kappa shape index (κ2) is 4.03. The molecular weight excluding hydrogens is 164 g/mol. The zero-order valence-corrected chi connectivity index (χ0v) is 8.44. The van der Waals surface area contributed by atoms with E-state index in [1.165, 1.54) is 0 Å². The van der Waals surface area contributed by atoms with Crippen LogP contribution in [-0.4, -0.2) is 22.9 Å². The Morgan fingerprint density at radius 2 is 1.90 bits per heavy atom. The minimum Gasteiger partial charge on any atom is -0.376 e. The fraction of sp³-hybridized carbons (Fsp3) is 0.833. The van der Waals surface area contributed by atoms with Gasteiger partial charge in [-0.1, -0.05) is 13.8 Å². The van der Waals surface area contributed by atoms with Gasteiger partial charge in [0.2, 0.25) is 0 Å². The standard InChI is InChI=1S/C6H16N2S2/c1-4-10(3,5-2)8-6(7)9/h4-5H2,1-3H3,(H3,7,8,9). The van der Waals surface area contributed by atoms with Crippen molar-refractivity contribution in [3.63, 3.8) is 0 Å². The molecule has 0 fully saturated rings. The Kier molecular flexibility index (Phi) is 4.05. The summed E-state index contributed by atoms with van der Waals surface area (Å²) in [4.78, 5) is 0. The Labute approximate surface area is 70.0 Å². The minimum atomic E-state index is -0.730. The van der Waals surface area contributed by atoms with E-state index in [1.807, 2.05) is 0 Å². The van der Waals surface area contributed by atoms with Crippen molar-refractivity contribution in [2.75, 3.05) is 17.8 Å². The molecule has 0 bridgehead atoms. The number of nitrogens with two attached hydrogens (primary N) is 1. The highest BCUT2D eigenvalue weighted by atomic mass is 32.3. The highest BCUT2D eigenvalue weighted by Crippen LogP contribution is 2.37. The van der Waals surface area contributed by atoms with Crippen LogP contribution in [-0.2, 0) is 0 Å². The second-order valence-corrected chi connectivity index (χ2v) is 6.67. The summed E-state index contributed by atoms with van der Waals surface area (Å²) in [5.74, 6) is 2.25. The lowest BCUT2D eigenvalue weighted by Gasteiger charge is -2.34. The number of rotatable bonds is 3. The fourth-order valence-electron chi connectivity index (χ4n) is 0.591. The maximum Gasteiger partial charge on any atom is 0.172 e. The molecule has 0 aromatic heterocycles. The van der Waals surface area contributed by atoms with Gasteiger partial charge in [-0.3, -0.25) is 0 Å². The van der Waals surface area contributed by atoms with Gasteiger partial charge in [0, 0.05) is 0 Å². The molecule has 3 N–H and O–H groups in total. The first-order valence-corrected chi connectivity index (χ1v) is 6.13. The van der Waals surface area contributed by atoms with Crippen LogP contribution in [0.5, 0.6) is 0 Å². The molecule has 2 nitrogen and oxygen atoms in total. The van der Waals surface area contributed by atoms with Crippen LogP contribution in [0, 0.1) is 0 Å². The summed E-state index contributed by atoms with van der Waals surface area (Å²) in [5, 5.41) is 0.432. The van der Waals surface area contributed by atoms with Crippen molar-refractivity contribution in [1.82, 2.24) is 4.72 Å². The van der Waals surface area contributed by atoms with Crippen molar-refractivity contribution in [2.45, 2.75) is 13.8 Å². The third-order valence-corrected chi connectivity index (χ3v) is 5.11. The van der Waals surface area contributed by atoms with E-state index < -0.39 is 10.2 Å². The van der Waals surface area contributed by atoms with Crippen LogP contribution < -0.4 is 10.5 Å². The summed E-state index contributed by atoms with van der Waals surface area (Å²) in [6.45, 7) is 4.31. The van der Waals surface area contributed by atoms with Crippen LogP contribution >= 0.6 is 22.4 Å². The molecule has 0 heterocycles. The van der Waals surface area contributed by atoms with Crippen molar-refractivity contribution < 1.29 is 0 Å². The van der Waals surface area contributed by atoms with Crippen LogP contribution in [0.2, 0.25) is 0 Å². The van der Waals surface area contributed by atoms with Crippen LogP contribution in [0.3, 0.4) is 0 Å². The average Bonchev–Trinajstić information content (AvgIpc) is 1.87. The van der Waals surface area contributed by atoms with E-state index >= 15 is 0 Å². The number of hydrogen-bond acceptors (Lipinski definition) is 1. The predicted molar refractivity (Wildman–Crippen MR) is 54.5 cm³/mol. The topological polar surface area (TPSA) is 38.0 Å². The third-order valence-electron chi connectivity index (χ3n) is 1.62. The van der Waals surface area contributed by atoms with Gasteiger partial charge in [-0.25, -0.2) is 0 Å². The summed E-state index contributed by atoms with van der Waals surface area (Å²) in [6, 6.07) is 0.